The number of carbonyl (C=O) groups excluding carboxylic acids is 1. The molecule has 57 heavy (non-hydrogen) atoms. The molecule has 4 nitrogen and oxygen atoms in total. The summed E-state index contributed by atoms with van der Waals surface area (Å²) < 4.78 is 3.22. The third-order valence-electron chi connectivity index (χ3n) is 11.3. The molecule has 0 aliphatic carbocycles. The van der Waals surface area contributed by atoms with Crippen LogP contribution in [-0.2, 0) is 24.9 Å². The summed E-state index contributed by atoms with van der Waals surface area (Å²) in [6.07, 6.45) is 3.29. The summed E-state index contributed by atoms with van der Waals surface area (Å²) in [6, 6.07) is 19.1. The molecule has 0 aliphatic heterocycles. The van der Waals surface area contributed by atoms with Gasteiger partial charge in [-0.15, -0.1) is 0 Å². The standard InChI is InChI=1S/C32H45N2SeSi2.C17H32O2.Ir/c1-21(2)17-37(18-22(3)4,19-23(5)6)32-24(7)29-31(35-32)30(34-20-33-29)26-15-25-13-11-12-14-27(25)28(16-26)36(8,9)10;1-10(2)16(11(3)4)14(18)9-15(19)17(12(5)6)13(7)8;/h11-14,16,20-23H,17-19H2,1-10H3;9-13,16-18H,1-8H3;/q-1;;/b;14-9-;. The number of hydrogen-bond acceptors (Lipinski definition) is 4. The second kappa shape index (κ2) is 21.7. The molecule has 1 radical (unpaired) electrons. The van der Waals surface area contributed by atoms with Gasteiger partial charge in [0.05, 0.1) is 5.76 Å². The van der Waals surface area contributed by atoms with Crippen LogP contribution in [0.5, 0.6) is 0 Å². The average Bonchev–Trinajstić information content (AvgIpc) is 3.39. The van der Waals surface area contributed by atoms with Crippen LogP contribution < -0.4 is 9.25 Å². The van der Waals surface area contributed by atoms with Crippen molar-refractivity contribution in [2.75, 3.05) is 0 Å². The maximum atomic E-state index is 12.3. The van der Waals surface area contributed by atoms with Crippen molar-refractivity contribution in [1.82, 2.24) is 9.97 Å². The number of aliphatic hydroxyl groups excluding tert-OH is 1. The van der Waals surface area contributed by atoms with Gasteiger partial charge in [0, 0.05) is 38.0 Å². The molecule has 0 saturated heterocycles. The molecular formula is C49H77IrN2O2SeSi2-. The van der Waals surface area contributed by atoms with E-state index in [0.29, 0.717) is 23.7 Å². The van der Waals surface area contributed by atoms with Gasteiger partial charge in [0.15, 0.2) is 5.78 Å². The zero-order chi connectivity index (χ0) is 42.4. The van der Waals surface area contributed by atoms with Crippen LogP contribution in [0, 0.1) is 66.3 Å². The predicted octanol–water partition coefficient (Wildman–Crippen LogP) is 12.6. The Morgan fingerprint density at radius 1 is 0.772 bits per heavy atom. The molecular weight excluding hydrogens is 976 g/mol. The minimum atomic E-state index is -1.68. The molecule has 4 aromatic rings. The van der Waals surface area contributed by atoms with E-state index in [0.717, 1.165) is 29.0 Å². The second-order valence-electron chi connectivity index (χ2n) is 20.4. The average molecular weight is 1050 g/mol. The molecule has 8 heteroatoms. The number of rotatable bonds is 16. The van der Waals surface area contributed by atoms with Crippen molar-refractivity contribution in [3.05, 3.63) is 60.1 Å². The van der Waals surface area contributed by atoms with E-state index in [1.54, 1.807) is 0 Å². The largest absolute Gasteiger partial charge is 0 e. The zero-order valence-corrected chi connectivity index (χ0v) is 45.0. The number of hydrogen-bond donors (Lipinski definition) is 1. The summed E-state index contributed by atoms with van der Waals surface area (Å²) in [7, 11) is -3.25. The fourth-order valence-corrected chi connectivity index (χ4v) is 23.9. The number of carbonyl (C=O) groups is 1. The normalized spacial score (nSPS) is 13.1. The van der Waals surface area contributed by atoms with Crippen LogP contribution in [0.3, 0.4) is 0 Å². The van der Waals surface area contributed by atoms with Crippen molar-refractivity contribution in [3.63, 3.8) is 0 Å². The molecule has 0 aliphatic rings. The Labute approximate surface area is 370 Å². The van der Waals surface area contributed by atoms with Crippen LogP contribution in [0.4, 0.5) is 0 Å². The number of nitrogens with zero attached hydrogens (tertiary/aromatic N) is 2. The van der Waals surface area contributed by atoms with E-state index >= 15 is 0 Å². The summed E-state index contributed by atoms with van der Waals surface area (Å²) in [5.74, 6) is 3.80. The molecule has 0 spiro atoms. The molecule has 4 rings (SSSR count). The molecule has 0 unspecified atom stereocenters. The smallest absolute Gasteiger partial charge is 0 e. The van der Waals surface area contributed by atoms with Crippen LogP contribution in [0.2, 0.25) is 37.8 Å². The predicted molar refractivity (Wildman–Crippen MR) is 252 cm³/mol. The van der Waals surface area contributed by atoms with E-state index < -0.39 is 16.1 Å². The van der Waals surface area contributed by atoms with E-state index in [2.05, 4.69) is 160 Å². The van der Waals surface area contributed by atoms with Gasteiger partial charge in [-0.1, -0.05) is 55.4 Å². The topological polar surface area (TPSA) is 63.1 Å². The Morgan fingerprint density at radius 3 is 1.72 bits per heavy atom. The summed E-state index contributed by atoms with van der Waals surface area (Å²) in [4.78, 5) is 22.2. The van der Waals surface area contributed by atoms with Gasteiger partial charge in [0.2, 0.25) is 0 Å². The van der Waals surface area contributed by atoms with Crippen LogP contribution in [0.15, 0.2) is 48.5 Å². The number of aliphatic hydroxyl groups is 1. The van der Waals surface area contributed by atoms with Crippen molar-refractivity contribution in [3.8, 4) is 11.3 Å². The Kier molecular flexibility index (Phi) is 19.6. The van der Waals surface area contributed by atoms with Gasteiger partial charge < -0.3 is 5.11 Å². The molecule has 2 heterocycles. The Hall–Kier alpha value is -1.67. The molecule has 1 N–H and O–H groups in total. The van der Waals surface area contributed by atoms with Gasteiger partial charge in [-0.25, -0.2) is 0 Å². The Balaban J connectivity index is 0.000000478. The Bertz CT molecular complexity index is 1890. The monoisotopic (exact) mass is 1050 g/mol. The maximum absolute atomic E-state index is 12.3. The third kappa shape index (κ3) is 13.2. The number of fused-ring (bicyclic) bond motifs is 2. The minimum Gasteiger partial charge on any atom is 0 e. The molecule has 319 valence electrons. The first-order valence-corrected chi connectivity index (χ1v) is 29.4. The van der Waals surface area contributed by atoms with Crippen LogP contribution in [-0.4, -0.2) is 51.5 Å². The molecule has 2 aromatic heterocycles. The fraction of sp³-hybridized carbons (Fsp3) is 0.612. The summed E-state index contributed by atoms with van der Waals surface area (Å²) >= 11 is 0.277. The van der Waals surface area contributed by atoms with E-state index in [1.807, 2.05) is 10.4 Å². The van der Waals surface area contributed by atoms with Crippen molar-refractivity contribution in [2.45, 2.75) is 142 Å². The van der Waals surface area contributed by atoms with E-state index in [1.165, 1.54) is 55.5 Å². The van der Waals surface area contributed by atoms with Crippen molar-refractivity contribution < 1.29 is 30.0 Å². The van der Waals surface area contributed by atoms with Gasteiger partial charge in [0.25, 0.3) is 0 Å². The second-order valence-corrected chi connectivity index (χ2v) is 32.7. The molecule has 0 atom stereocenters. The van der Waals surface area contributed by atoms with Crippen molar-refractivity contribution >= 4 is 66.2 Å². The molecule has 0 bridgehead atoms. The molecule has 0 saturated carbocycles. The quantitative estimate of drug-likeness (QED) is 0.0526. The number of aryl methyl sites for hydroxylation is 1. The van der Waals surface area contributed by atoms with Gasteiger partial charge in [-0.05, 0) is 23.7 Å². The van der Waals surface area contributed by atoms with Crippen LogP contribution in [0.1, 0.15) is 102 Å². The number of allylic oxidation sites excluding steroid dienone is 2. The summed E-state index contributed by atoms with van der Waals surface area (Å²) in [5, 5.41) is 14.3. The third-order valence-corrected chi connectivity index (χ3v) is 25.0. The summed E-state index contributed by atoms with van der Waals surface area (Å²) in [5.41, 5.74) is 5.00. The molecule has 0 fully saturated rings. The van der Waals surface area contributed by atoms with E-state index in [4.69, 9.17) is 9.97 Å². The number of benzene rings is 2. The van der Waals surface area contributed by atoms with E-state index in [-0.39, 0.29) is 58.0 Å². The van der Waals surface area contributed by atoms with Crippen LogP contribution >= 0.6 is 0 Å². The van der Waals surface area contributed by atoms with Gasteiger partial charge in [-0.2, -0.15) is 0 Å². The Morgan fingerprint density at radius 2 is 1.26 bits per heavy atom. The number of aromatic nitrogens is 2. The van der Waals surface area contributed by atoms with E-state index in [9.17, 15) is 9.90 Å². The first-order chi connectivity index (χ1) is 25.9. The van der Waals surface area contributed by atoms with Gasteiger partial charge in [0.1, 0.15) is 0 Å². The number of ketones is 1. The van der Waals surface area contributed by atoms with Crippen molar-refractivity contribution in [1.29, 1.82) is 0 Å². The first-order valence-electron chi connectivity index (χ1n) is 21.6. The SMILES string of the molecule is CC(C)C(C(=O)/C=C(\O)C(C(C)C)C(C)C)C(C)C.Cc1c([Si](CC(C)C)(CC(C)C)CC(C)C)[se]c2c(-c3[c-]c4ccccc4c([Si](C)(C)C)c3)ncnc12.[Ir]. The summed E-state index contributed by atoms with van der Waals surface area (Å²) in [6.45, 7) is 40.9. The van der Waals surface area contributed by atoms with Crippen LogP contribution in [0.25, 0.3) is 31.8 Å². The maximum Gasteiger partial charge on any atom is 0 e. The van der Waals surface area contributed by atoms with Gasteiger partial charge >= 0.3 is 234 Å². The van der Waals surface area contributed by atoms with Crippen molar-refractivity contribution in [2.24, 2.45) is 53.3 Å². The molecule has 2 aromatic carbocycles. The first kappa shape index (κ1) is 51.5. The minimum absolute atomic E-state index is 0. The molecule has 0 amide bonds. The zero-order valence-electron chi connectivity index (χ0n) is 38.9. The van der Waals surface area contributed by atoms with Gasteiger partial charge in [-0.3, -0.25) is 4.79 Å². The fourth-order valence-electron chi connectivity index (χ4n) is 9.79.